The van der Waals surface area contributed by atoms with Gasteiger partial charge in [0.1, 0.15) is 0 Å². The van der Waals surface area contributed by atoms with Crippen LogP contribution in [0.25, 0.3) is 11.4 Å². The van der Waals surface area contributed by atoms with Crippen LogP contribution < -0.4 is 10.6 Å². The van der Waals surface area contributed by atoms with Gasteiger partial charge in [0.25, 0.3) is 0 Å². The van der Waals surface area contributed by atoms with Crippen molar-refractivity contribution in [3.63, 3.8) is 0 Å². The minimum absolute atomic E-state index is 0.106. The third-order valence-corrected chi connectivity index (χ3v) is 4.96. The lowest BCUT2D eigenvalue weighted by Crippen LogP contribution is -2.14. The van der Waals surface area contributed by atoms with Crippen LogP contribution in [-0.4, -0.2) is 32.3 Å². The molecule has 0 bridgehead atoms. The second-order valence-corrected chi connectivity index (χ2v) is 7.27. The number of thioether (sulfide) groups is 1. The number of aromatic nitrogens is 3. The van der Waals surface area contributed by atoms with Gasteiger partial charge >= 0.3 is 0 Å². The third kappa shape index (κ3) is 4.98. The van der Waals surface area contributed by atoms with E-state index < -0.39 is 0 Å². The topological polar surface area (TPSA) is 88.9 Å². The fraction of sp³-hybridized carbons (Fsp3) is 0.200. The van der Waals surface area contributed by atoms with Gasteiger partial charge in [0, 0.05) is 30.9 Å². The average molecular weight is 395 g/mol. The van der Waals surface area contributed by atoms with E-state index in [0.29, 0.717) is 16.7 Å². The summed E-state index contributed by atoms with van der Waals surface area (Å²) >= 11 is 1.32. The first-order valence-corrected chi connectivity index (χ1v) is 9.67. The summed E-state index contributed by atoms with van der Waals surface area (Å²) in [5, 5.41) is 14.7. The van der Waals surface area contributed by atoms with E-state index in [-0.39, 0.29) is 17.6 Å². The van der Waals surface area contributed by atoms with Crippen LogP contribution in [0.5, 0.6) is 0 Å². The molecule has 0 unspecified atom stereocenters. The molecule has 7 nitrogen and oxygen atoms in total. The van der Waals surface area contributed by atoms with Crippen LogP contribution in [-0.2, 0) is 16.6 Å². The Morgan fingerprint density at radius 3 is 2.50 bits per heavy atom. The van der Waals surface area contributed by atoms with Crippen molar-refractivity contribution < 1.29 is 9.59 Å². The van der Waals surface area contributed by atoms with Crippen LogP contribution in [0.1, 0.15) is 12.5 Å². The Labute approximate surface area is 167 Å². The molecule has 0 saturated carbocycles. The van der Waals surface area contributed by atoms with Gasteiger partial charge in [-0.3, -0.25) is 9.59 Å². The molecule has 8 heteroatoms. The zero-order chi connectivity index (χ0) is 20.1. The van der Waals surface area contributed by atoms with Crippen molar-refractivity contribution in [1.82, 2.24) is 14.8 Å². The lowest BCUT2D eigenvalue weighted by Gasteiger charge is -2.07. The number of benzene rings is 2. The smallest absolute Gasteiger partial charge is 0.234 e. The molecule has 28 heavy (non-hydrogen) atoms. The summed E-state index contributed by atoms with van der Waals surface area (Å²) in [6.45, 7) is 3.46. The van der Waals surface area contributed by atoms with Gasteiger partial charge in [0.2, 0.25) is 11.8 Å². The Morgan fingerprint density at radius 2 is 1.79 bits per heavy atom. The van der Waals surface area contributed by atoms with Gasteiger partial charge in [-0.25, -0.2) is 0 Å². The summed E-state index contributed by atoms with van der Waals surface area (Å²) in [6.07, 6.45) is 0. The van der Waals surface area contributed by atoms with Crippen LogP contribution >= 0.6 is 11.8 Å². The number of anilines is 2. The maximum Gasteiger partial charge on any atom is 0.234 e. The van der Waals surface area contributed by atoms with Crippen molar-refractivity contribution in [3.05, 3.63) is 54.1 Å². The summed E-state index contributed by atoms with van der Waals surface area (Å²) in [7, 11) is 1.85. The normalized spacial score (nSPS) is 10.5. The number of aryl methyl sites for hydroxylation is 1. The molecule has 0 radical (unpaired) electrons. The Hall–Kier alpha value is -3.13. The largest absolute Gasteiger partial charge is 0.326 e. The van der Waals surface area contributed by atoms with Gasteiger partial charge in [-0.2, -0.15) is 0 Å². The number of amides is 2. The van der Waals surface area contributed by atoms with E-state index in [1.807, 2.05) is 67.1 Å². The minimum atomic E-state index is -0.133. The lowest BCUT2D eigenvalue weighted by atomic mass is 10.2. The molecule has 0 atom stereocenters. The van der Waals surface area contributed by atoms with Crippen molar-refractivity contribution in [2.75, 3.05) is 16.4 Å². The summed E-state index contributed by atoms with van der Waals surface area (Å²) in [6, 6.07) is 15.0. The first kappa shape index (κ1) is 19.6. The molecule has 2 aromatic carbocycles. The Balaban J connectivity index is 1.65. The molecular formula is C20H21N5O2S. The predicted molar refractivity (Wildman–Crippen MR) is 111 cm³/mol. The van der Waals surface area contributed by atoms with E-state index in [4.69, 9.17) is 0 Å². The second-order valence-electron chi connectivity index (χ2n) is 6.33. The van der Waals surface area contributed by atoms with E-state index in [1.54, 1.807) is 0 Å². The van der Waals surface area contributed by atoms with Crippen molar-refractivity contribution in [2.45, 2.75) is 19.0 Å². The van der Waals surface area contributed by atoms with E-state index in [1.165, 1.54) is 18.7 Å². The highest BCUT2D eigenvalue weighted by Gasteiger charge is 2.13. The van der Waals surface area contributed by atoms with Gasteiger partial charge in [-0.1, -0.05) is 41.6 Å². The lowest BCUT2D eigenvalue weighted by molar-refractivity contribution is -0.114. The molecule has 0 spiro atoms. The molecule has 144 valence electrons. The zero-order valence-corrected chi connectivity index (χ0v) is 16.7. The molecule has 0 aliphatic carbocycles. The van der Waals surface area contributed by atoms with Gasteiger partial charge in [-0.15, -0.1) is 10.2 Å². The number of rotatable bonds is 6. The number of nitrogens with one attached hydrogen (secondary N) is 2. The molecule has 3 rings (SSSR count). The summed E-state index contributed by atoms with van der Waals surface area (Å²) in [5.41, 5.74) is 3.43. The van der Waals surface area contributed by atoms with Crippen molar-refractivity contribution >= 4 is 35.0 Å². The van der Waals surface area contributed by atoms with Gasteiger partial charge < -0.3 is 15.2 Å². The second kappa shape index (κ2) is 8.71. The summed E-state index contributed by atoms with van der Waals surface area (Å²) in [5.74, 6) is 0.650. The van der Waals surface area contributed by atoms with Crippen LogP contribution in [0, 0.1) is 6.92 Å². The van der Waals surface area contributed by atoms with E-state index in [0.717, 1.165) is 16.8 Å². The molecule has 0 saturated heterocycles. The first-order chi connectivity index (χ1) is 13.4. The zero-order valence-electron chi connectivity index (χ0n) is 15.9. The average Bonchev–Trinajstić information content (AvgIpc) is 3.02. The highest BCUT2D eigenvalue weighted by Crippen LogP contribution is 2.25. The highest BCUT2D eigenvalue weighted by atomic mass is 32.2. The maximum absolute atomic E-state index is 12.2. The monoisotopic (exact) mass is 395 g/mol. The Kier molecular flexibility index (Phi) is 6.10. The third-order valence-electron chi connectivity index (χ3n) is 3.94. The highest BCUT2D eigenvalue weighted by molar-refractivity contribution is 7.99. The molecule has 0 fully saturated rings. The maximum atomic E-state index is 12.2. The SMILES string of the molecule is CC(=O)Nc1cccc(-c2nnc(SCC(=O)Nc3ccc(C)cc3)n2C)c1. The fourth-order valence-corrected chi connectivity index (χ4v) is 3.31. The number of carbonyl (C=O) groups excluding carboxylic acids is 2. The molecule has 3 aromatic rings. The molecule has 1 aromatic heterocycles. The van der Waals surface area contributed by atoms with Crippen molar-refractivity contribution in [1.29, 1.82) is 0 Å². The van der Waals surface area contributed by atoms with Crippen molar-refractivity contribution in [2.24, 2.45) is 7.05 Å². The van der Waals surface area contributed by atoms with E-state index in [2.05, 4.69) is 20.8 Å². The number of hydrogen-bond acceptors (Lipinski definition) is 5. The standard InChI is InChI=1S/C20H21N5O2S/c1-13-7-9-16(10-8-13)22-18(27)12-28-20-24-23-19(25(20)3)15-5-4-6-17(11-15)21-14(2)26/h4-11H,12H2,1-3H3,(H,21,26)(H,22,27). The number of hydrogen-bond donors (Lipinski definition) is 2. The van der Waals surface area contributed by atoms with Crippen LogP contribution in [0.2, 0.25) is 0 Å². The summed E-state index contributed by atoms with van der Waals surface area (Å²) in [4.78, 5) is 23.4. The van der Waals surface area contributed by atoms with Gasteiger partial charge in [-0.05, 0) is 31.2 Å². The quantitative estimate of drug-likeness (QED) is 0.624. The summed E-state index contributed by atoms with van der Waals surface area (Å²) < 4.78 is 1.83. The molecule has 2 amide bonds. The molecular weight excluding hydrogens is 374 g/mol. The van der Waals surface area contributed by atoms with Gasteiger partial charge in [0.15, 0.2) is 11.0 Å². The predicted octanol–water partition coefficient (Wildman–Crippen LogP) is 3.48. The molecule has 0 aliphatic rings. The van der Waals surface area contributed by atoms with E-state index in [9.17, 15) is 9.59 Å². The van der Waals surface area contributed by atoms with Gasteiger partial charge in [0.05, 0.1) is 5.75 Å². The van der Waals surface area contributed by atoms with E-state index >= 15 is 0 Å². The Bertz CT molecular complexity index is 998. The first-order valence-electron chi connectivity index (χ1n) is 8.69. The number of carbonyl (C=O) groups is 2. The van der Waals surface area contributed by atoms with Crippen LogP contribution in [0.4, 0.5) is 11.4 Å². The Morgan fingerprint density at radius 1 is 1.04 bits per heavy atom. The molecule has 2 N–H and O–H groups in total. The van der Waals surface area contributed by atoms with Crippen molar-refractivity contribution in [3.8, 4) is 11.4 Å². The number of nitrogens with zero attached hydrogens (tertiary/aromatic N) is 3. The molecule has 0 aliphatic heterocycles. The van der Waals surface area contributed by atoms with Crippen LogP contribution in [0.3, 0.4) is 0 Å². The molecule has 1 heterocycles. The minimum Gasteiger partial charge on any atom is -0.326 e. The van der Waals surface area contributed by atoms with Crippen LogP contribution in [0.15, 0.2) is 53.7 Å². The fourth-order valence-electron chi connectivity index (χ4n) is 2.60.